The van der Waals surface area contributed by atoms with Crippen molar-refractivity contribution in [1.29, 1.82) is 0 Å². The van der Waals surface area contributed by atoms with Gasteiger partial charge in [-0.15, -0.1) is 0 Å². The summed E-state index contributed by atoms with van der Waals surface area (Å²) in [6, 6.07) is 0.415. The van der Waals surface area contributed by atoms with Gasteiger partial charge < -0.3 is 5.32 Å². The van der Waals surface area contributed by atoms with Crippen LogP contribution in [0, 0.1) is 5.41 Å². The number of hydrogen-bond donors (Lipinski definition) is 1. The summed E-state index contributed by atoms with van der Waals surface area (Å²) in [4.78, 5) is 11.3. The molecule has 2 nitrogen and oxygen atoms in total. The normalized spacial score (nSPS) is 33.0. The Morgan fingerprint density at radius 1 is 1.23 bits per heavy atom. The maximum Gasteiger partial charge on any atom is 0.220 e. The van der Waals surface area contributed by atoms with Crippen LogP contribution in [-0.4, -0.2) is 11.9 Å². The van der Waals surface area contributed by atoms with Crippen LogP contribution < -0.4 is 5.32 Å². The maximum atomic E-state index is 11.3. The molecule has 1 unspecified atom stereocenters. The zero-order valence-electron chi connectivity index (χ0n) is 8.44. The Kier molecular flexibility index (Phi) is 2.31. The van der Waals surface area contributed by atoms with Crippen LogP contribution in [-0.2, 0) is 4.79 Å². The van der Waals surface area contributed by atoms with Crippen LogP contribution in [0.15, 0.2) is 0 Å². The van der Waals surface area contributed by atoms with Crippen LogP contribution in [0.25, 0.3) is 0 Å². The smallest absolute Gasteiger partial charge is 0.220 e. The Morgan fingerprint density at radius 3 is 2.31 bits per heavy atom. The van der Waals surface area contributed by atoms with Gasteiger partial charge in [-0.05, 0) is 25.2 Å². The lowest BCUT2D eigenvalue weighted by Crippen LogP contribution is -2.34. The van der Waals surface area contributed by atoms with Gasteiger partial charge in [-0.2, -0.15) is 0 Å². The lowest BCUT2D eigenvalue weighted by molar-refractivity contribution is -0.119. The molecule has 0 aromatic carbocycles. The maximum absolute atomic E-state index is 11.3. The van der Waals surface area contributed by atoms with Crippen molar-refractivity contribution < 1.29 is 4.79 Å². The van der Waals surface area contributed by atoms with E-state index >= 15 is 0 Å². The predicted octanol–water partition coefficient (Wildman–Crippen LogP) is 2.24. The van der Waals surface area contributed by atoms with Crippen LogP contribution in [0.2, 0.25) is 0 Å². The van der Waals surface area contributed by atoms with Crippen molar-refractivity contribution in [3.8, 4) is 0 Å². The fourth-order valence-electron chi connectivity index (χ4n) is 2.96. The standard InChI is InChI=1S/C11H19NO/c1-9-11(8-10(13)12-9)6-4-2-3-5-7-11/h9H,2-8H2,1H3,(H,12,13). The van der Waals surface area contributed by atoms with Crippen molar-refractivity contribution in [3.63, 3.8) is 0 Å². The molecule has 0 aromatic rings. The fourth-order valence-corrected chi connectivity index (χ4v) is 2.96. The van der Waals surface area contributed by atoms with Crippen LogP contribution in [0.1, 0.15) is 51.9 Å². The zero-order valence-corrected chi connectivity index (χ0v) is 8.44. The van der Waals surface area contributed by atoms with Gasteiger partial charge in [0.1, 0.15) is 0 Å². The summed E-state index contributed by atoms with van der Waals surface area (Å²) in [5, 5.41) is 3.07. The van der Waals surface area contributed by atoms with Gasteiger partial charge in [0.15, 0.2) is 0 Å². The predicted molar refractivity (Wildman–Crippen MR) is 52.4 cm³/mol. The Bertz CT molecular complexity index is 204. The second-order valence-corrected chi connectivity index (χ2v) is 4.74. The summed E-state index contributed by atoms with van der Waals surface area (Å²) in [5.41, 5.74) is 0.327. The van der Waals surface area contributed by atoms with Crippen molar-refractivity contribution in [2.45, 2.75) is 57.9 Å². The van der Waals surface area contributed by atoms with E-state index in [2.05, 4.69) is 12.2 Å². The first-order valence-corrected chi connectivity index (χ1v) is 5.52. The number of nitrogens with one attached hydrogen (secondary N) is 1. The Morgan fingerprint density at radius 2 is 1.85 bits per heavy atom. The molecule has 1 heterocycles. The van der Waals surface area contributed by atoms with Crippen molar-refractivity contribution in [3.05, 3.63) is 0 Å². The first-order chi connectivity index (χ1) is 6.23. The topological polar surface area (TPSA) is 29.1 Å². The molecule has 1 aliphatic carbocycles. The lowest BCUT2D eigenvalue weighted by Gasteiger charge is -2.30. The molecular weight excluding hydrogens is 162 g/mol. The van der Waals surface area contributed by atoms with Gasteiger partial charge in [-0.3, -0.25) is 4.79 Å². The third-order valence-electron chi connectivity index (χ3n) is 3.91. The molecule has 0 radical (unpaired) electrons. The van der Waals surface area contributed by atoms with Gasteiger partial charge in [-0.25, -0.2) is 0 Å². The van der Waals surface area contributed by atoms with Gasteiger partial charge in [0, 0.05) is 12.5 Å². The number of hydrogen-bond acceptors (Lipinski definition) is 1. The molecular formula is C11H19NO. The van der Waals surface area contributed by atoms with E-state index in [1.807, 2.05) is 0 Å². The molecule has 1 aliphatic heterocycles. The van der Waals surface area contributed by atoms with E-state index in [1.165, 1.54) is 38.5 Å². The zero-order chi connectivity index (χ0) is 9.31. The third-order valence-corrected chi connectivity index (χ3v) is 3.91. The number of rotatable bonds is 0. The van der Waals surface area contributed by atoms with Gasteiger partial charge in [0.05, 0.1) is 0 Å². The van der Waals surface area contributed by atoms with E-state index in [9.17, 15) is 4.79 Å². The minimum atomic E-state index is 0.273. The number of amides is 1. The monoisotopic (exact) mass is 181 g/mol. The summed E-state index contributed by atoms with van der Waals surface area (Å²) in [7, 11) is 0. The molecule has 1 amide bonds. The first kappa shape index (κ1) is 9.04. The van der Waals surface area contributed by atoms with E-state index in [4.69, 9.17) is 0 Å². The molecule has 2 aliphatic rings. The van der Waals surface area contributed by atoms with Crippen LogP contribution in [0.3, 0.4) is 0 Å². The summed E-state index contributed by atoms with van der Waals surface area (Å²) in [5.74, 6) is 0.273. The largest absolute Gasteiger partial charge is 0.353 e. The molecule has 1 spiro atoms. The SMILES string of the molecule is CC1NC(=O)CC12CCCCCC2. The average Bonchev–Trinajstić information content (AvgIpc) is 2.29. The Balaban J connectivity index is 2.12. The van der Waals surface area contributed by atoms with E-state index < -0.39 is 0 Å². The van der Waals surface area contributed by atoms with Gasteiger partial charge in [0.25, 0.3) is 0 Å². The van der Waals surface area contributed by atoms with Crippen molar-refractivity contribution >= 4 is 5.91 Å². The molecule has 1 saturated carbocycles. The number of carbonyl (C=O) groups excluding carboxylic acids is 1. The first-order valence-electron chi connectivity index (χ1n) is 5.52. The Hall–Kier alpha value is -0.530. The van der Waals surface area contributed by atoms with E-state index in [1.54, 1.807) is 0 Å². The number of carbonyl (C=O) groups is 1. The van der Waals surface area contributed by atoms with Gasteiger partial charge in [0.2, 0.25) is 5.91 Å². The van der Waals surface area contributed by atoms with Crippen molar-refractivity contribution in [2.75, 3.05) is 0 Å². The molecule has 1 atom stereocenters. The molecule has 2 rings (SSSR count). The molecule has 2 fully saturated rings. The van der Waals surface area contributed by atoms with Crippen molar-refractivity contribution in [2.24, 2.45) is 5.41 Å². The summed E-state index contributed by atoms with van der Waals surface area (Å²) >= 11 is 0. The van der Waals surface area contributed by atoms with Crippen LogP contribution in [0.5, 0.6) is 0 Å². The minimum Gasteiger partial charge on any atom is -0.353 e. The van der Waals surface area contributed by atoms with Crippen molar-refractivity contribution in [1.82, 2.24) is 5.32 Å². The van der Waals surface area contributed by atoms with E-state index in [0.29, 0.717) is 11.5 Å². The molecule has 74 valence electrons. The average molecular weight is 181 g/mol. The fraction of sp³-hybridized carbons (Fsp3) is 0.909. The summed E-state index contributed by atoms with van der Waals surface area (Å²) in [6.07, 6.45) is 8.66. The molecule has 1 saturated heterocycles. The third kappa shape index (κ3) is 1.59. The quantitative estimate of drug-likeness (QED) is 0.610. The molecule has 0 aromatic heterocycles. The second-order valence-electron chi connectivity index (χ2n) is 4.74. The highest BCUT2D eigenvalue weighted by Gasteiger charge is 2.43. The summed E-state index contributed by atoms with van der Waals surface area (Å²) in [6.45, 7) is 2.18. The lowest BCUT2D eigenvalue weighted by atomic mass is 9.75. The molecule has 2 heteroatoms. The minimum absolute atomic E-state index is 0.273. The molecule has 13 heavy (non-hydrogen) atoms. The molecule has 0 bridgehead atoms. The highest BCUT2D eigenvalue weighted by Crippen LogP contribution is 2.43. The van der Waals surface area contributed by atoms with Gasteiger partial charge >= 0.3 is 0 Å². The second kappa shape index (κ2) is 3.32. The van der Waals surface area contributed by atoms with Crippen LogP contribution in [0.4, 0.5) is 0 Å². The van der Waals surface area contributed by atoms with E-state index in [0.717, 1.165) is 6.42 Å². The molecule has 1 N–H and O–H groups in total. The van der Waals surface area contributed by atoms with Crippen LogP contribution >= 0.6 is 0 Å². The highest BCUT2D eigenvalue weighted by molar-refractivity contribution is 5.79. The summed E-state index contributed by atoms with van der Waals surface area (Å²) < 4.78 is 0. The van der Waals surface area contributed by atoms with E-state index in [-0.39, 0.29) is 5.91 Å². The van der Waals surface area contributed by atoms with Gasteiger partial charge in [-0.1, -0.05) is 25.7 Å². The Labute approximate surface area is 80.1 Å². The highest BCUT2D eigenvalue weighted by atomic mass is 16.2.